The van der Waals surface area contributed by atoms with Crippen LogP contribution in [0.15, 0.2) is 29.6 Å². The van der Waals surface area contributed by atoms with Crippen molar-refractivity contribution >= 4 is 39.8 Å². The molecule has 2 heterocycles. The number of hydrogen-bond donors (Lipinski definition) is 0. The summed E-state index contributed by atoms with van der Waals surface area (Å²) < 4.78 is 1.03. The number of rotatable bonds is 4. The minimum absolute atomic E-state index is 0.157. The van der Waals surface area contributed by atoms with E-state index >= 15 is 0 Å². The number of thiazole rings is 1. The lowest BCUT2D eigenvalue weighted by Crippen LogP contribution is -2.48. The van der Waals surface area contributed by atoms with Gasteiger partial charge in [-0.15, -0.1) is 11.3 Å². The SMILES string of the molecule is O=C(c1ccccc1I)N1CCN(Cc2nc(C3CC3)cs2)CC1. The Hall–Kier alpha value is -0.990. The van der Waals surface area contributed by atoms with Gasteiger partial charge in [0.25, 0.3) is 5.91 Å². The highest BCUT2D eigenvalue weighted by Crippen LogP contribution is 2.40. The van der Waals surface area contributed by atoms with E-state index in [1.165, 1.54) is 23.5 Å². The van der Waals surface area contributed by atoms with Gasteiger partial charge in [0.2, 0.25) is 0 Å². The first-order valence-electron chi connectivity index (χ1n) is 8.41. The Morgan fingerprint density at radius 3 is 2.67 bits per heavy atom. The van der Waals surface area contributed by atoms with Gasteiger partial charge in [-0.05, 0) is 47.6 Å². The fraction of sp³-hybridized carbons (Fsp3) is 0.444. The molecule has 0 unspecified atom stereocenters. The zero-order chi connectivity index (χ0) is 16.5. The van der Waals surface area contributed by atoms with Gasteiger partial charge < -0.3 is 4.90 Å². The third-order valence-corrected chi connectivity index (χ3v) is 6.48. The number of benzene rings is 1. The molecule has 24 heavy (non-hydrogen) atoms. The Labute approximate surface area is 160 Å². The van der Waals surface area contributed by atoms with Gasteiger partial charge in [0.1, 0.15) is 5.01 Å². The molecule has 0 radical (unpaired) electrons. The van der Waals surface area contributed by atoms with Gasteiger partial charge in [-0.3, -0.25) is 9.69 Å². The Morgan fingerprint density at radius 1 is 1.21 bits per heavy atom. The van der Waals surface area contributed by atoms with E-state index in [0.717, 1.165) is 47.8 Å². The van der Waals surface area contributed by atoms with Gasteiger partial charge in [0.15, 0.2) is 0 Å². The molecule has 1 saturated carbocycles. The molecule has 126 valence electrons. The van der Waals surface area contributed by atoms with Crippen molar-refractivity contribution in [3.8, 4) is 0 Å². The van der Waals surface area contributed by atoms with Gasteiger partial charge in [-0.2, -0.15) is 0 Å². The van der Waals surface area contributed by atoms with Crippen LogP contribution in [0, 0.1) is 3.57 Å². The quantitative estimate of drug-likeness (QED) is 0.665. The molecule has 1 aromatic carbocycles. The molecule has 1 aliphatic heterocycles. The molecule has 1 saturated heterocycles. The normalized spacial score (nSPS) is 18.8. The minimum atomic E-state index is 0.157. The fourth-order valence-corrected chi connectivity index (χ4v) is 4.60. The summed E-state index contributed by atoms with van der Waals surface area (Å²) in [6, 6.07) is 7.82. The summed E-state index contributed by atoms with van der Waals surface area (Å²) in [4.78, 5) is 21.8. The molecule has 0 atom stereocenters. The van der Waals surface area contributed by atoms with E-state index in [1.54, 1.807) is 11.3 Å². The molecule has 1 aromatic heterocycles. The van der Waals surface area contributed by atoms with E-state index in [0.29, 0.717) is 0 Å². The molecule has 4 rings (SSSR count). The van der Waals surface area contributed by atoms with Crippen LogP contribution in [-0.2, 0) is 6.54 Å². The molecule has 1 aliphatic carbocycles. The average molecular weight is 453 g/mol. The number of halogens is 1. The second-order valence-electron chi connectivity index (χ2n) is 6.49. The monoisotopic (exact) mass is 453 g/mol. The van der Waals surface area contributed by atoms with Crippen LogP contribution in [0.1, 0.15) is 39.8 Å². The zero-order valence-corrected chi connectivity index (χ0v) is 16.4. The molecule has 2 fully saturated rings. The first-order chi connectivity index (χ1) is 11.7. The number of carbonyl (C=O) groups is 1. The van der Waals surface area contributed by atoms with E-state index in [1.807, 2.05) is 29.2 Å². The molecule has 4 nitrogen and oxygen atoms in total. The Bertz CT molecular complexity index is 735. The highest BCUT2D eigenvalue weighted by Gasteiger charge is 2.27. The average Bonchev–Trinajstić information content (AvgIpc) is 3.35. The van der Waals surface area contributed by atoms with Crippen LogP contribution in [0.3, 0.4) is 0 Å². The van der Waals surface area contributed by atoms with Gasteiger partial charge >= 0.3 is 0 Å². The second kappa shape index (κ2) is 7.09. The predicted octanol–water partition coefficient (Wildman–Crippen LogP) is 3.58. The van der Waals surface area contributed by atoms with Crippen molar-refractivity contribution in [2.75, 3.05) is 26.2 Å². The smallest absolute Gasteiger partial charge is 0.255 e. The molecule has 2 aliphatic rings. The summed E-state index contributed by atoms with van der Waals surface area (Å²) >= 11 is 4.02. The predicted molar refractivity (Wildman–Crippen MR) is 104 cm³/mol. The van der Waals surface area contributed by atoms with Gasteiger partial charge in [-0.25, -0.2) is 4.98 Å². The first-order valence-corrected chi connectivity index (χ1v) is 10.4. The Kier molecular flexibility index (Phi) is 4.87. The van der Waals surface area contributed by atoms with Gasteiger partial charge in [0, 0.05) is 41.0 Å². The summed E-state index contributed by atoms with van der Waals surface area (Å²) in [5.41, 5.74) is 2.11. The summed E-state index contributed by atoms with van der Waals surface area (Å²) in [5, 5.41) is 3.44. The van der Waals surface area contributed by atoms with Crippen molar-refractivity contribution in [2.24, 2.45) is 0 Å². The maximum Gasteiger partial charge on any atom is 0.255 e. The summed E-state index contributed by atoms with van der Waals surface area (Å²) in [6.45, 7) is 4.36. The lowest BCUT2D eigenvalue weighted by Gasteiger charge is -2.34. The van der Waals surface area contributed by atoms with Crippen molar-refractivity contribution in [1.29, 1.82) is 0 Å². The molecule has 0 N–H and O–H groups in total. The zero-order valence-electron chi connectivity index (χ0n) is 13.4. The second-order valence-corrected chi connectivity index (χ2v) is 8.59. The molecule has 6 heteroatoms. The van der Waals surface area contributed by atoms with E-state index in [9.17, 15) is 4.79 Å². The van der Waals surface area contributed by atoms with Crippen molar-refractivity contribution < 1.29 is 4.79 Å². The van der Waals surface area contributed by atoms with Crippen LogP contribution >= 0.6 is 33.9 Å². The molecular weight excluding hydrogens is 433 g/mol. The van der Waals surface area contributed by atoms with E-state index < -0.39 is 0 Å². The molecule has 1 amide bonds. The minimum Gasteiger partial charge on any atom is -0.336 e. The molecule has 0 spiro atoms. The van der Waals surface area contributed by atoms with Crippen LogP contribution in [-0.4, -0.2) is 46.9 Å². The van der Waals surface area contributed by atoms with E-state index in [4.69, 9.17) is 4.98 Å². The molecular formula is C18H20IN3OS. The number of carbonyl (C=O) groups excluding carboxylic acids is 1. The van der Waals surface area contributed by atoms with Crippen LogP contribution in [0.25, 0.3) is 0 Å². The third kappa shape index (κ3) is 3.65. The fourth-order valence-electron chi connectivity index (χ4n) is 3.07. The summed E-state index contributed by atoms with van der Waals surface area (Å²) in [6.07, 6.45) is 2.62. The number of amides is 1. The first kappa shape index (κ1) is 16.5. The number of nitrogens with zero attached hydrogens (tertiary/aromatic N) is 3. The maximum absolute atomic E-state index is 12.7. The van der Waals surface area contributed by atoms with Crippen molar-refractivity contribution in [3.05, 3.63) is 49.5 Å². The number of aromatic nitrogens is 1. The Morgan fingerprint density at radius 2 is 1.96 bits per heavy atom. The lowest BCUT2D eigenvalue weighted by atomic mass is 10.2. The van der Waals surface area contributed by atoms with E-state index in [2.05, 4.69) is 32.9 Å². The van der Waals surface area contributed by atoms with Crippen LogP contribution in [0.2, 0.25) is 0 Å². The topological polar surface area (TPSA) is 36.4 Å². The standard InChI is InChI=1S/C18H20IN3OS/c19-15-4-2-1-3-14(15)18(23)22-9-7-21(8-10-22)11-17-20-16(12-24-17)13-5-6-13/h1-4,12-13H,5-11H2. The maximum atomic E-state index is 12.7. The highest BCUT2D eigenvalue weighted by molar-refractivity contribution is 14.1. The van der Waals surface area contributed by atoms with Crippen LogP contribution < -0.4 is 0 Å². The van der Waals surface area contributed by atoms with Gasteiger partial charge in [0.05, 0.1) is 17.8 Å². The largest absolute Gasteiger partial charge is 0.336 e. The third-order valence-electron chi connectivity index (χ3n) is 4.69. The summed E-state index contributed by atoms with van der Waals surface area (Å²) in [7, 11) is 0. The lowest BCUT2D eigenvalue weighted by molar-refractivity contribution is 0.0627. The van der Waals surface area contributed by atoms with Gasteiger partial charge in [-0.1, -0.05) is 12.1 Å². The Balaban J connectivity index is 1.32. The van der Waals surface area contributed by atoms with Crippen LogP contribution in [0.5, 0.6) is 0 Å². The number of piperazine rings is 1. The van der Waals surface area contributed by atoms with Crippen molar-refractivity contribution in [1.82, 2.24) is 14.8 Å². The highest BCUT2D eigenvalue weighted by atomic mass is 127. The molecule has 2 aromatic rings. The number of hydrogen-bond acceptors (Lipinski definition) is 4. The van der Waals surface area contributed by atoms with Crippen molar-refractivity contribution in [2.45, 2.75) is 25.3 Å². The summed E-state index contributed by atoms with van der Waals surface area (Å²) in [5.74, 6) is 0.891. The molecule has 0 bridgehead atoms. The van der Waals surface area contributed by atoms with Crippen LogP contribution in [0.4, 0.5) is 0 Å². The van der Waals surface area contributed by atoms with E-state index in [-0.39, 0.29) is 5.91 Å². The van der Waals surface area contributed by atoms with Crippen molar-refractivity contribution in [3.63, 3.8) is 0 Å².